The van der Waals surface area contributed by atoms with Gasteiger partial charge in [0.15, 0.2) is 0 Å². The molecule has 122 valence electrons. The van der Waals surface area contributed by atoms with Gasteiger partial charge in [0.25, 0.3) is 5.91 Å². The second-order valence-corrected chi connectivity index (χ2v) is 7.12. The number of carbonyl (C=O) groups excluding carboxylic acids is 1. The minimum atomic E-state index is -0.102. The van der Waals surface area contributed by atoms with E-state index in [1.165, 1.54) is 44.9 Å². The number of nitrogen functional groups attached to an aromatic ring is 1. The maximum Gasteiger partial charge on any atom is 0.252 e. The number of nitrogens with one attached hydrogen (secondary N) is 1. The average molecular weight is 323 g/mol. The molecule has 4 heteroatoms. The van der Waals surface area contributed by atoms with Crippen LogP contribution < -0.4 is 11.1 Å². The van der Waals surface area contributed by atoms with Crippen molar-refractivity contribution < 1.29 is 4.79 Å². The van der Waals surface area contributed by atoms with Crippen molar-refractivity contribution >= 4 is 23.2 Å². The summed E-state index contributed by atoms with van der Waals surface area (Å²) in [5, 5.41) is 3.46. The van der Waals surface area contributed by atoms with E-state index < -0.39 is 0 Å². The van der Waals surface area contributed by atoms with Crippen LogP contribution in [-0.4, -0.2) is 12.5 Å². The number of amides is 1. The fourth-order valence-electron chi connectivity index (χ4n) is 4.16. The number of nitrogens with two attached hydrogens (primary N) is 1. The number of halogens is 1. The van der Waals surface area contributed by atoms with Gasteiger partial charge in [0.05, 0.1) is 16.3 Å². The van der Waals surface area contributed by atoms with Crippen molar-refractivity contribution in [2.75, 3.05) is 12.3 Å². The van der Waals surface area contributed by atoms with Gasteiger partial charge in [-0.15, -0.1) is 0 Å². The molecule has 1 aromatic carbocycles. The molecule has 0 aliphatic heterocycles. The van der Waals surface area contributed by atoms with E-state index in [1.54, 1.807) is 18.2 Å². The first-order valence-corrected chi connectivity index (χ1v) is 8.30. The predicted octanol–water partition coefficient (Wildman–Crippen LogP) is 4.65. The Labute approximate surface area is 138 Å². The number of benzene rings is 1. The lowest BCUT2D eigenvalue weighted by Crippen LogP contribution is -2.43. The molecule has 3 N–H and O–H groups in total. The smallest absolute Gasteiger partial charge is 0.252 e. The summed E-state index contributed by atoms with van der Waals surface area (Å²) < 4.78 is 0. The van der Waals surface area contributed by atoms with Crippen LogP contribution >= 0.6 is 11.6 Å². The molecule has 0 atom stereocenters. The zero-order valence-electron chi connectivity index (χ0n) is 12.3. The Morgan fingerprint density at radius 2 is 2.00 bits per heavy atom. The first kappa shape index (κ1) is 17.1. The van der Waals surface area contributed by atoms with E-state index in [-0.39, 0.29) is 13.3 Å². The number of carbonyl (C=O) groups is 1. The molecule has 0 aromatic heterocycles. The van der Waals surface area contributed by atoms with E-state index >= 15 is 0 Å². The molecular formula is C18H27ClN2O. The monoisotopic (exact) mass is 322 g/mol. The second kappa shape index (κ2) is 6.91. The Balaban J connectivity index is 0.00000176. The van der Waals surface area contributed by atoms with Gasteiger partial charge in [-0.05, 0) is 42.7 Å². The SMILES string of the molecule is C.Nc1cccc(C(=O)NCC23CCCC(CCC2)C3)c1Cl. The van der Waals surface area contributed by atoms with Crippen LogP contribution in [0.2, 0.25) is 5.02 Å². The van der Waals surface area contributed by atoms with Crippen molar-refractivity contribution in [1.29, 1.82) is 0 Å². The summed E-state index contributed by atoms with van der Waals surface area (Å²) in [5.41, 5.74) is 7.03. The highest BCUT2D eigenvalue weighted by Crippen LogP contribution is 2.48. The molecule has 0 heterocycles. The van der Waals surface area contributed by atoms with Gasteiger partial charge in [-0.3, -0.25) is 4.79 Å². The lowest BCUT2D eigenvalue weighted by Gasteiger charge is -2.45. The minimum Gasteiger partial charge on any atom is -0.398 e. The van der Waals surface area contributed by atoms with E-state index in [1.807, 2.05) is 0 Å². The van der Waals surface area contributed by atoms with Crippen LogP contribution in [0.25, 0.3) is 0 Å². The Morgan fingerprint density at radius 1 is 1.32 bits per heavy atom. The van der Waals surface area contributed by atoms with Crippen molar-refractivity contribution in [2.24, 2.45) is 11.3 Å². The molecule has 2 aliphatic carbocycles. The molecule has 0 radical (unpaired) electrons. The highest BCUT2D eigenvalue weighted by molar-refractivity contribution is 6.36. The number of fused-ring (bicyclic) bond motifs is 2. The van der Waals surface area contributed by atoms with Crippen LogP contribution in [0.5, 0.6) is 0 Å². The molecule has 2 bridgehead atoms. The standard InChI is InChI=1S/C17H23ClN2O.CH4/c18-15-13(6-1-7-14(15)19)16(21)20-11-17-8-2-4-12(10-17)5-3-9-17;/h1,6-7,12H,2-5,8-11,19H2,(H,20,21);1H4. The van der Waals surface area contributed by atoms with Crippen molar-refractivity contribution in [3.05, 3.63) is 28.8 Å². The third kappa shape index (κ3) is 3.40. The van der Waals surface area contributed by atoms with Crippen LogP contribution in [-0.2, 0) is 0 Å². The van der Waals surface area contributed by atoms with Crippen molar-refractivity contribution in [1.82, 2.24) is 5.32 Å². The van der Waals surface area contributed by atoms with Crippen molar-refractivity contribution in [2.45, 2.75) is 52.4 Å². The molecule has 0 saturated heterocycles. The summed E-state index contributed by atoms with van der Waals surface area (Å²) in [7, 11) is 0. The van der Waals surface area contributed by atoms with Crippen LogP contribution in [0, 0.1) is 11.3 Å². The van der Waals surface area contributed by atoms with E-state index in [4.69, 9.17) is 17.3 Å². The Hall–Kier alpha value is -1.22. The van der Waals surface area contributed by atoms with Gasteiger partial charge in [0, 0.05) is 6.54 Å². The van der Waals surface area contributed by atoms with Gasteiger partial charge in [-0.25, -0.2) is 0 Å². The van der Waals surface area contributed by atoms with Gasteiger partial charge in [-0.2, -0.15) is 0 Å². The molecule has 3 rings (SSSR count). The Morgan fingerprint density at radius 3 is 2.68 bits per heavy atom. The molecule has 2 fully saturated rings. The van der Waals surface area contributed by atoms with Crippen LogP contribution in [0.3, 0.4) is 0 Å². The lowest BCUT2D eigenvalue weighted by atomic mass is 9.62. The van der Waals surface area contributed by atoms with Crippen molar-refractivity contribution in [3.63, 3.8) is 0 Å². The van der Waals surface area contributed by atoms with E-state index in [9.17, 15) is 4.79 Å². The Bertz CT molecular complexity index is 534. The van der Waals surface area contributed by atoms with E-state index in [0.29, 0.717) is 21.7 Å². The second-order valence-electron chi connectivity index (χ2n) is 6.75. The number of hydrogen-bond acceptors (Lipinski definition) is 2. The molecule has 3 nitrogen and oxygen atoms in total. The summed E-state index contributed by atoms with van der Waals surface area (Å²) in [6, 6.07) is 5.21. The summed E-state index contributed by atoms with van der Waals surface area (Å²) in [4.78, 5) is 12.4. The highest BCUT2D eigenvalue weighted by Gasteiger charge is 2.39. The summed E-state index contributed by atoms with van der Waals surface area (Å²) in [6.45, 7) is 0.771. The normalized spacial score (nSPS) is 26.9. The largest absolute Gasteiger partial charge is 0.398 e. The fraction of sp³-hybridized carbons (Fsp3) is 0.611. The van der Waals surface area contributed by atoms with Gasteiger partial charge >= 0.3 is 0 Å². The highest BCUT2D eigenvalue weighted by atomic mass is 35.5. The first-order chi connectivity index (χ1) is 10.1. The molecule has 2 saturated carbocycles. The van der Waals surface area contributed by atoms with Gasteiger partial charge in [-0.1, -0.05) is 50.8 Å². The maximum atomic E-state index is 12.4. The van der Waals surface area contributed by atoms with Gasteiger partial charge in [0.2, 0.25) is 0 Å². The third-order valence-corrected chi connectivity index (χ3v) is 5.68. The zero-order chi connectivity index (χ0) is 14.9. The minimum absolute atomic E-state index is 0. The van der Waals surface area contributed by atoms with E-state index in [0.717, 1.165) is 12.5 Å². The van der Waals surface area contributed by atoms with Gasteiger partial charge in [0.1, 0.15) is 0 Å². The maximum absolute atomic E-state index is 12.4. The van der Waals surface area contributed by atoms with Crippen LogP contribution in [0.1, 0.15) is 62.7 Å². The summed E-state index contributed by atoms with van der Waals surface area (Å²) >= 11 is 6.13. The molecule has 1 aromatic rings. The molecule has 2 aliphatic rings. The molecular weight excluding hydrogens is 296 g/mol. The fourth-order valence-corrected chi connectivity index (χ4v) is 4.37. The van der Waals surface area contributed by atoms with Crippen molar-refractivity contribution in [3.8, 4) is 0 Å². The zero-order valence-corrected chi connectivity index (χ0v) is 13.1. The number of rotatable bonds is 3. The first-order valence-electron chi connectivity index (χ1n) is 7.92. The number of hydrogen-bond donors (Lipinski definition) is 2. The third-order valence-electron chi connectivity index (χ3n) is 5.26. The molecule has 22 heavy (non-hydrogen) atoms. The van der Waals surface area contributed by atoms with Crippen LogP contribution in [0.4, 0.5) is 5.69 Å². The summed E-state index contributed by atoms with van der Waals surface area (Å²) in [5.74, 6) is 0.773. The quantitative estimate of drug-likeness (QED) is 0.796. The average Bonchev–Trinajstić information content (AvgIpc) is 2.48. The molecule has 1 amide bonds. The van der Waals surface area contributed by atoms with Crippen LogP contribution in [0.15, 0.2) is 18.2 Å². The van der Waals surface area contributed by atoms with Gasteiger partial charge < -0.3 is 11.1 Å². The topological polar surface area (TPSA) is 55.1 Å². The number of anilines is 1. The predicted molar refractivity (Wildman–Crippen MR) is 93.2 cm³/mol. The molecule has 0 unspecified atom stereocenters. The Kier molecular flexibility index (Phi) is 5.38. The van der Waals surface area contributed by atoms with E-state index in [2.05, 4.69) is 5.32 Å². The lowest BCUT2D eigenvalue weighted by molar-refractivity contribution is 0.0682. The molecule has 0 spiro atoms. The summed E-state index contributed by atoms with van der Waals surface area (Å²) in [6.07, 6.45) is 9.12.